The third-order valence-electron chi connectivity index (χ3n) is 3.06. The fourth-order valence-corrected chi connectivity index (χ4v) is 3.17. The molecule has 0 bridgehead atoms. The first kappa shape index (κ1) is 15.8. The molecule has 0 unspecified atom stereocenters. The summed E-state index contributed by atoms with van der Waals surface area (Å²) in [6.45, 7) is 0. The predicted octanol–water partition coefficient (Wildman–Crippen LogP) is 5.34. The minimum Gasteiger partial charge on any atom is -0.378 e. The van der Waals surface area contributed by atoms with Gasteiger partial charge in [0.2, 0.25) is 0 Å². The molecule has 106 valence electrons. The van der Waals surface area contributed by atoms with Crippen LogP contribution in [0.25, 0.3) is 11.6 Å². The summed E-state index contributed by atoms with van der Waals surface area (Å²) in [5.74, 6) is 0. The van der Waals surface area contributed by atoms with E-state index in [1.54, 1.807) is 0 Å². The van der Waals surface area contributed by atoms with E-state index in [9.17, 15) is 5.26 Å². The van der Waals surface area contributed by atoms with Crippen LogP contribution in [0.4, 0.5) is 5.69 Å². The quantitative estimate of drug-likeness (QED) is 0.508. The number of benzene rings is 2. The molecule has 2 aromatic carbocycles. The summed E-state index contributed by atoms with van der Waals surface area (Å²) < 4.78 is 1.88. The minimum atomic E-state index is 0.631. The average Bonchev–Trinajstić information content (AvgIpc) is 2.46. The van der Waals surface area contributed by atoms with Crippen LogP contribution in [0.2, 0.25) is 0 Å². The zero-order valence-corrected chi connectivity index (χ0v) is 14.9. The molecule has 0 radical (unpaired) electrons. The Balaban J connectivity index is 2.39. The highest BCUT2D eigenvalue weighted by Crippen LogP contribution is 2.28. The van der Waals surface area contributed by atoms with Crippen LogP contribution in [0.15, 0.2) is 51.4 Å². The molecular weight excluding hydrogens is 392 g/mol. The lowest BCUT2D eigenvalue weighted by Crippen LogP contribution is -2.07. The van der Waals surface area contributed by atoms with Crippen LogP contribution in [0.1, 0.15) is 11.1 Å². The molecule has 0 atom stereocenters. The van der Waals surface area contributed by atoms with Crippen molar-refractivity contribution in [3.63, 3.8) is 0 Å². The van der Waals surface area contributed by atoms with E-state index in [2.05, 4.69) is 37.9 Å². The Morgan fingerprint density at radius 1 is 1.10 bits per heavy atom. The number of rotatable bonds is 3. The van der Waals surface area contributed by atoms with Gasteiger partial charge in [-0.05, 0) is 35.9 Å². The van der Waals surface area contributed by atoms with E-state index in [4.69, 9.17) is 0 Å². The van der Waals surface area contributed by atoms with Crippen molar-refractivity contribution in [2.24, 2.45) is 0 Å². The van der Waals surface area contributed by atoms with Gasteiger partial charge in [0.05, 0.1) is 11.6 Å². The lowest BCUT2D eigenvalue weighted by atomic mass is 10.0. The van der Waals surface area contributed by atoms with Gasteiger partial charge in [-0.1, -0.05) is 50.1 Å². The fourth-order valence-electron chi connectivity index (χ4n) is 1.91. The van der Waals surface area contributed by atoms with Crippen LogP contribution < -0.4 is 4.90 Å². The largest absolute Gasteiger partial charge is 0.378 e. The van der Waals surface area contributed by atoms with Crippen molar-refractivity contribution in [2.75, 3.05) is 19.0 Å². The predicted molar refractivity (Wildman–Crippen MR) is 96.1 cm³/mol. The van der Waals surface area contributed by atoms with Gasteiger partial charge in [0.25, 0.3) is 0 Å². The van der Waals surface area contributed by atoms with Crippen molar-refractivity contribution in [1.29, 1.82) is 5.26 Å². The van der Waals surface area contributed by atoms with Crippen LogP contribution in [0.3, 0.4) is 0 Å². The smallest absolute Gasteiger partial charge is 0.0998 e. The van der Waals surface area contributed by atoms with Crippen LogP contribution in [-0.4, -0.2) is 14.1 Å². The molecule has 0 aliphatic carbocycles. The molecule has 0 aliphatic rings. The second-order valence-electron chi connectivity index (χ2n) is 4.78. The summed E-state index contributed by atoms with van der Waals surface area (Å²) in [6, 6.07) is 16.2. The van der Waals surface area contributed by atoms with Crippen molar-refractivity contribution in [1.82, 2.24) is 0 Å². The number of allylic oxidation sites excluding steroid dienone is 1. The van der Waals surface area contributed by atoms with Crippen LogP contribution in [0, 0.1) is 11.3 Å². The van der Waals surface area contributed by atoms with E-state index < -0.39 is 0 Å². The molecule has 0 heterocycles. The summed E-state index contributed by atoms with van der Waals surface area (Å²) in [7, 11) is 4.01. The molecule has 0 amide bonds. The lowest BCUT2D eigenvalue weighted by Gasteiger charge is -2.12. The summed E-state index contributed by atoms with van der Waals surface area (Å²) in [4.78, 5) is 2.05. The molecule has 0 saturated carbocycles. The zero-order chi connectivity index (χ0) is 15.4. The van der Waals surface area contributed by atoms with Crippen LogP contribution in [-0.2, 0) is 0 Å². The molecule has 2 rings (SSSR count). The molecule has 0 fully saturated rings. The van der Waals surface area contributed by atoms with E-state index in [-0.39, 0.29) is 0 Å². The average molecular weight is 406 g/mol. The molecule has 0 aromatic heterocycles. The van der Waals surface area contributed by atoms with Gasteiger partial charge in [0.15, 0.2) is 0 Å². The van der Waals surface area contributed by atoms with Gasteiger partial charge in [-0.25, -0.2) is 0 Å². The first-order valence-corrected chi connectivity index (χ1v) is 7.94. The van der Waals surface area contributed by atoms with E-state index in [1.165, 1.54) is 0 Å². The number of nitriles is 1. The number of hydrogen-bond acceptors (Lipinski definition) is 2. The highest BCUT2D eigenvalue weighted by molar-refractivity contribution is 9.11. The van der Waals surface area contributed by atoms with Crippen molar-refractivity contribution in [3.05, 3.63) is 62.5 Å². The highest BCUT2D eigenvalue weighted by Gasteiger charge is 2.06. The van der Waals surface area contributed by atoms with Gasteiger partial charge in [-0.15, -0.1) is 0 Å². The molecule has 0 N–H and O–H groups in total. The Labute approximate surface area is 142 Å². The first-order valence-electron chi connectivity index (χ1n) is 6.36. The number of anilines is 1. The summed E-state index contributed by atoms with van der Waals surface area (Å²) >= 11 is 6.92. The molecule has 0 aliphatic heterocycles. The first-order chi connectivity index (χ1) is 10.0. The summed E-state index contributed by atoms with van der Waals surface area (Å²) in [6.07, 6.45) is 1.90. The Morgan fingerprint density at radius 2 is 1.76 bits per heavy atom. The Hall–Kier alpha value is -1.57. The molecule has 21 heavy (non-hydrogen) atoms. The van der Waals surface area contributed by atoms with E-state index in [0.29, 0.717) is 5.57 Å². The Morgan fingerprint density at radius 3 is 2.29 bits per heavy atom. The van der Waals surface area contributed by atoms with E-state index in [1.807, 2.05) is 67.5 Å². The van der Waals surface area contributed by atoms with Gasteiger partial charge < -0.3 is 4.90 Å². The van der Waals surface area contributed by atoms with Gasteiger partial charge >= 0.3 is 0 Å². The second kappa shape index (κ2) is 6.93. The maximum Gasteiger partial charge on any atom is 0.0998 e. The number of halogens is 2. The Bertz CT molecular complexity index is 711. The van der Waals surface area contributed by atoms with Crippen LogP contribution >= 0.6 is 31.9 Å². The number of nitrogens with zero attached hydrogens (tertiary/aromatic N) is 2. The fraction of sp³-hybridized carbons (Fsp3) is 0.118. The number of hydrogen-bond donors (Lipinski definition) is 0. The maximum absolute atomic E-state index is 9.42. The third-order valence-corrected chi connectivity index (χ3v) is 4.21. The van der Waals surface area contributed by atoms with Gasteiger partial charge in [0, 0.05) is 34.3 Å². The van der Waals surface area contributed by atoms with Crippen LogP contribution in [0.5, 0.6) is 0 Å². The molecule has 0 spiro atoms. The lowest BCUT2D eigenvalue weighted by molar-refractivity contribution is 1.13. The van der Waals surface area contributed by atoms with E-state index in [0.717, 1.165) is 25.8 Å². The molecular formula is C17H14Br2N2. The standard InChI is InChI=1S/C17H14Br2N2/c1-21(2)15-6-3-12(4-7-15)9-13(11-20)16-8-5-14(18)10-17(16)19/h3-10H,1-2H3. The van der Waals surface area contributed by atoms with Crippen molar-refractivity contribution >= 4 is 49.2 Å². The molecule has 2 nitrogen and oxygen atoms in total. The monoisotopic (exact) mass is 404 g/mol. The van der Waals surface area contributed by atoms with Crippen molar-refractivity contribution < 1.29 is 0 Å². The van der Waals surface area contributed by atoms with Crippen molar-refractivity contribution in [3.8, 4) is 6.07 Å². The van der Waals surface area contributed by atoms with E-state index >= 15 is 0 Å². The second-order valence-corrected chi connectivity index (χ2v) is 6.55. The SMILES string of the molecule is CN(C)c1ccc(C=C(C#N)c2ccc(Br)cc2Br)cc1. The zero-order valence-electron chi connectivity index (χ0n) is 11.8. The van der Waals surface area contributed by atoms with Gasteiger partial charge in [0.1, 0.15) is 0 Å². The topological polar surface area (TPSA) is 27.0 Å². The normalized spacial score (nSPS) is 11.1. The summed E-state index contributed by atoms with van der Waals surface area (Å²) in [5.41, 5.74) is 3.66. The highest BCUT2D eigenvalue weighted by atomic mass is 79.9. The van der Waals surface area contributed by atoms with Crippen molar-refractivity contribution in [2.45, 2.75) is 0 Å². The summed E-state index contributed by atoms with van der Waals surface area (Å²) in [5, 5.41) is 9.42. The van der Waals surface area contributed by atoms with Gasteiger partial charge in [-0.2, -0.15) is 5.26 Å². The maximum atomic E-state index is 9.42. The minimum absolute atomic E-state index is 0.631. The molecule has 4 heteroatoms. The molecule has 2 aromatic rings. The molecule has 0 saturated heterocycles. The Kier molecular flexibility index (Phi) is 5.22. The third kappa shape index (κ3) is 3.96. The van der Waals surface area contributed by atoms with Gasteiger partial charge in [-0.3, -0.25) is 0 Å².